The van der Waals surface area contributed by atoms with Crippen molar-refractivity contribution in [3.63, 3.8) is 0 Å². The van der Waals surface area contributed by atoms with E-state index in [1.807, 2.05) is 0 Å². The number of halogens is 1. The second-order valence-corrected chi connectivity index (χ2v) is 7.91. The number of rotatable bonds is 3. The SMILES string of the molecule is CC(F)(P)c1cc(C#N)c(CC2CCC3(CNC3)C2)cn1. The fraction of sp³-hybridized carbons (Fsp3) is 0.625. The molecular formula is C16H21FN3P. The second-order valence-electron chi connectivity index (χ2n) is 6.83. The molecule has 3 rings (SSSR count). The summed E-state index contributed by atoms with van der Waals surface area (Å²) in [4.78, 5) is 4.21. The first-order chi connectivity index (χ1) is 9.92. The molecule has 1 aromatic heterocycles. The number of pyridine rings is 1. The van der Waals surface area contributed by atoms with Gasteiger partial charge in [-0.1, -0.05) is 9.24 Å². The molecule has 3 nitrogen and oxygen atoms in total. The topological polar surface area (TPSA) is 48.7 Å². The maximum absolute atomic E-state index is 13.9. The molecule has 2 fully saturated rings. The molecule has 3 unspecified atom stereocenters. The molecule has 1 aliphatic carbocycles. The van der Waals surface area contributed by atoms with Crippen LogP contribution in [0.2, 0.25) is 0 Å². The fourth-order valence-electron chi connectivity index (χ4n) is 3.63. The fourth-order valence-corrected chi connectivity index (χ4v) is 3.79. The Bertz CT molecular complexity index is 584. The number of hydrogen-bond donors (Lipinski definition) is 1. The summed E-state index contributed by atoms with van der Waals surface area (Å²) >= 11 is 0. The minimum atomic E-state index is -1.58. The number of nitriles is 1. The zero-order chi connectivity index (χ0) is 15.1. The minimum Gasteiger partial charge on any atom is -0.316 e. The van der Waals surface area contributed by atoms with Crippen molar-refractivity contribution >= 4 is 9.24 Å². The van der Waals surface area contributed by atoms with Crippen LogP contribution >= 0.6 is 9.24 Å². The van der Waals surface area contributed by atoms with Crippen LogP contribution in [-0.4, -0.2) is 18.1 Å². The summed E-state index contributed by atoms with van der Waals surface area (Å²) in [5.41, 5.74) is 2.35. The van der Waals surface area contributed by atoms with E-state index in [9.17, 15) is 9.65 Å². The van der Waals surface area contributed by atoms with Crippen LogP contribution < -0.4 is 5.32 Å². The van der Waals surface area contributed by atoms with Gasteiger partial charge < -0.3 is 5.32 Å². The third-order valence-electron chi connectivity index (χ3n) is 4.92. The van der Waals surface area contributed by atoms with Crippen molar-refractivity contribution in [3.8, 4) is 6.07 Å². The van der Waals surface area contributed by atoms with Crippen LogP contribution in [0, 0.1) is 22.7 Å². The van der Waals surface area contributed by atoms with E-state index in [4.69, 9.17) is 0 Å². The summed E-state index contributed by atoms with van der Waals surface area (Å²) in [6.45, 7) is 3.71. The molecule has 0 aromatic carbocycles. The predicted octanol–water partition coefficient (Wildman–Crippen LogP) is 2.90. The van der Waals surface area contributed by atoms with E-state index in [1.165, 1.54) is 26.2 Å². The Morgan fingerprint density at radius 1 is 1.62 bits per heavy atom. The Hall–Kier alpha value is -1.04. The van der Waals surface area contributed by atoms with Gasteiger partial charge >= 0.3 is 0 Å². The Morgan fingerprint density at radius 3 is 2.90 bits per heavy atom. The van der Waals surface area contributed by atoms with Crippen LogP contribution in [0.5, 0.6) is 0 Å². The van der Waals surface area contributed by atoms with E-state index >= 15 is 0 Å². The molecule has 2 heterocycles. The molecule has 0 radical (unpaired) electrons. The van der Waals surface area contributed by atoms with Gasteiger partial charge in [-0.15, -0.1) is 0 Å². The van der Waals surface area contributed by atoms with Crippen LogP contribution in [0.1, 0.15) is 43.0 Å². The first-order valence-electron chi connectivity index (χ1n) is 7.50. The van der Waals surface area contributed by atoms with Crippen LogP contribution in [0.15, 0.2) is 12.3 Å². The molecule has 1 N–H and O–H groups in total. The summed E-state index contributed by atoms with van der Waals surface area (Å²) in [6.07, 6.45) is 6.32. The van der Waals surface area contributed by atoms with E-state index in [2.05, 4.69) is 25.6 Å². The lowest BCUT2D eigenvalue weighted by Crippen LogP contribution is -2.51. The van der Waals surface area contributed by atoms with E-state index < -0.39 is 5.41 Å². The van der Waals surface area contributed by atoms with Gasteiger partial charge in [0.25, 0.3) is 0 Å². The van der Waals surface area contributed by atoms with Gasteiger partial charge in [-0.2, -0.15) is 5.26 Å². The van der Waals surface area contributed by atoms with Gasteiger partial charge in [0.05, 0.1) is 17.3 Å². The molecule has 0 amide bonds. The van der Waals surface area contributed by atoms with Crippen LogP contribution in [0.3, 0.4) is 0 Å². The van der Waals surface area contributed by atoms with Crippen LogP contribution in [0.25, 0.3) is 0 Å². The van der Waals surface area contributed by atoms with Crippen LogP contribution in [0.4, 0.5) is 4.39 Å². The van der Waals surface area contributed by atoms with Gasteiger partial charge in [-0.25, -0.2) is 4.39 Å². The summed E-state index contributed by atoms with van der Waals surface area (Å²) in [5, 5.41) is 11.1. The monoisotopic (exact) mass is 305 g/mol. The smallest absolute Gasteiger partial charge is 0.162 e. The van der Waals surface area contributed by atoms with E-state index in [0.29, 0.717) is 22.6 Å². The molecule has 1 saturated heterocycles. The van der Waals surface area contributed by atoms with Gasteiger partial charge in [0, 0.05) is 19.3 Å². The maximum Gasteiger partial charge on any atom is 0.162 e. The Kier molecular flexibility index (Phi) is 3.76. The lowest BCUT2D eigenvalue weighted by atomic mass is 9.79. The van der Waals surface area contributed by atoms with E-state index in [-0.39, 0.29) is 0 Å². The summed E-state index contributed by atoms with van der Waals surface area (Å²) < 4.78 is 13.9. The molecule has 112 valence electrons. The highest BCUT2D eigenvalue weighted by molar-refractivity contribution is 7.18. The van der Waals surface area contributed by atoms with Gasteiger partial charge in [-0.05, 0) is 55.6 Å². The molecule has 2 aliphatic rings. The average Bonchev–Trinajstić information content (AvgIpc) is 2.82. The third-order valence-corrected chi connectivity index (χ3v) is 5.22. The number of nitrogens with one attached hydrogen (secondary N) is 1. The molecule has 5 heteroatoms. The molecule has 3 atom stereocenters. The molecule has 0 bridgehead atoms. The Balaban J connectivity index is 1.75. The normalized spacial score (nSPS) is 26.1. The third kappa shape index (κ3) is 2.96. The van der Waals surface area contributed by atoms with Crippen LogP contribution in [-0.2, 0) is 11.8 Å². The summed E-state index contributed by atoms with van der Waals surface area (Å²) in [7, 11) is 2.13. The second kappa shape index (κ2) is 5.30. The van der Waals surface area contributed by atoms with Crippen molar-refractivity contribution < 1.29 is 4.39 Å². The molecule has 1 aliphatic heterocycles. The van der Waals surface area contributed by atoms with E-state index in [1.54, 1.807) is 12.3 Å². The zero-order valence-corrected chi connectivity index (χ0v) is 13.5. The quantitative estimate of drug-likeness (QED) is 0.874. The summed E-state index contributed by atoms with van der Waals surface area (Å²) in [5.74, 6) is 0.625. The van der Waals surface area contributed by atoms with Gasteiger partial charge in [0.1, 0.15) is 0 Å². The van der Waals surface area contributed by atoms with Gasteiger partial charge in [0.15, 0.2) is 5.41 Å². The largest absolute Gasteiger partial charge is 0.316 e. The zero-order valence-electron chi connectivity index (χ0n) is 12.3. The number of nitrogens with zero attached hydrogens (tertiary/aromatic N) is 2. The molecule has 1 saturated carbocycles. The Labute approximate surface area is 127 Å². The molecular weight excluding hydrogens is 284 g/mol. The van der Waals surface area contributed by atoms with E-state index in [0.717, 1.165) is 25.1 Å². The molecule has 1 aromatic rings. The number of hydrogen-bond acceptors (Lipinski definition) is 3. The molecule has 21 heavy (non-hydrogen) atoms. The van der Waals surface area contributed by atoms with Crippen molar-refractivity contribution in [3.05, 3.63) is 29.1 Å². The highest BCUT2D eigenvalue weighted by Crippen LogP contribution is 2.45. The standard InChI is InChI=1S/C16H21FN3P/c1-15(17,21)14-5-12(7-18)13(8-20-14)4-11-2-3-16(6-11)9-19-10-16/h5,8,11,19H,2-4,6,9-10,21H2,1H3. The van der Waals surface area contributed by atoms with Gasteiger partial charge in [0.2, 0.25) is 0 Å². The van der Waals surface area contributed by atoms with Crippen molar-refractivity contribution in [2.45, 2.75) is 38.0 Å². The first kappa shape index (κ1) is 14.9. The van der Waals surface area contributed by atoms with Crippen molar-refractivity contribution in [2.75, 3.05) is 13.1 Å². The van der Waals surface area contributed by atoms with Crippen molar-refractivity contribution in [2.24, 2.45) is 11.3 Å². The highest BCUT2D eigenvalue weighted by atomic mass is 31.0. The first-order valence-corrected chi connectivity index (χ1v) is 8.08. The van der Waals surface area contributed by atoms with Crippen molar-refractivity contribution in [1.29, 1.82) is 5.26 Å². The highest BCUT2D eigenvalue weighted by Gasteiger charge is 2.43. The molecule has 1 spiro atoms. The van der Waals surface area contributed by atoms with Gasteiger partial charge in [-0.3, -0.25) is 4.98 Å². The lowest BCUT2D eigenvalue weighted by Gasteiger charge is -2.39. The maximum atomic E-state index is 13.9. The average molecular weight is 305 g/mol. The van der Waals surface area contributed by atoms with Crippen molar-refractivity contribution in [1.82, 2.24) is 10.3 Å². The minimum absolute atomic E-state index is 0.305. The summed E-state index contributed by atoms with van der Waals surface area (Å²) in [6, 6.07) is 3.80. The number of aromatic nitrogens is 1. The predicted molar refractivity (Wildman–Crippen MR) is 83.5 cm³/mol. The number of alkyl halides is 1. The lowest BCUT2D eigenvalue weighted by molar-refractivity contribution is 0.170. The Morgan fingerprint density at radius 2 is 2.38 bits per heavy atom.